The number of hydrogen-bond donors (Lipinski definition) is 1. The highest BCUT2D eigenvalue weighted by molar-refractivity contribution is 7.99. The second-order valence-corrected chi connectivity index (χ2v) is 6.80. The van der Waals surface area contributed by atoms with Crippen LogP contribution in [0.4, 0.5) is 5.69 Å². The fourth-order valence-corrected chi connectivity index (χ4v) is 3.86. The lowest BCUT2D eigenvalue weighted by atomic mass is 10.1. The minimum atomic E-state index is 0.0139. The topological polar surface area (TPSA) is 44.8 Å². The van der Waals surface area contributed by atoms with Gasteiger partial charge in [0.15, 0.2) is 0 Å². The van der Waals surface area contributed by atoms with E-state index in [0.29, 0.717) is 6.54 Å². The molecular weight excluding hydrogens is 298 g/mol. The van der Waals surface area contributed by atoms with Crippen LogP contribution in [0, 0.1) is 0 Å². The summed E-state index contributed by atoms with van der Waals surface area (Å²) < 4.78 is 5.32. The molecule has 0 atom stereocenters. The average Bonchev–Trinajstić information content (AvgIpc) is 2.56. The summed E-state index contributed by atoms with van der Waals surface area (Å²) in [6.45, 7) is 6.09. The predicted molar refractivity (Wildman–Crippen MR) is 90.0 cm³/mol. The van der Waals surface area contributed by atoms with Crippen molar-refractivity contribution < 1.29 is 9.53 Å². The first-order valence-corrected chi connectivity index (χ1v) is 8.79. The monoisotopic (exact) mass is 321 g/mol. The molecule has 0 unspecified atom stereocenters. The fraction of sp³-hybridized carbons (Fsp3) is 0.562. The zero-order chi connectivity index (χ0) is 15.4. The van der Waals surface area contributed by atoms with Gasteiger partial charge in [-0.15, -0.1) is 11.8 Å². The summed E-state index contributed by atoms with van der Waals surface area (Å²) in [6.07, 6.45) is 0. The van der Waals surface area contributed by atoms with Crippen molar-refractivity contribution in [2.75, 3.05) is 63.6 Å². The number of fused-ring (bicyclic) bond motifs is 1. The van der Waals surface area contributed by atoms with Crippen molar-refractivity contribution in [3.8, 4) is 0 Å². The number of morpholine rings is 1. The number of nitrogens with zero attached hydrogens (tertiary/aromatic N) is 2. The zero-order valence-electron chi connectivity index (χ0n) is 13.0. The standard InChI is InChI=1S/C16H23N3O2S/c1-18-8-11-22-15-3-2-13(12-14(15)18)16(20)17-4-5-19-6-9-21-10-7-19/h2-3,12H,4-11H2,1H3,(H,17,20). The number of amides is 1. The van der Waals surface area contributed by atoms with Crippen LogP contribution in [0.25, 0.3) is 0 Å². The van der Waals surface area contributed by atoms with Gasteiger partial charge < -0.3 is 15.0 Å². The van der Waals surface area contributed by atoms with Gasteiger partial charge in [-0.25, -0.2) is 0 Å². The highest BCUT2D eigenvalue weighted by atomic mass is 32.2. The number of carbonyl (C=O) groups excluding carboxylic acids is 1. The number of carbonyl (C=O) groups is 1. The molecule has 0 saturated carbocycles. The Kier molecular flexibility index (Phi) is 5.23. The summed E-state index contributed by atoms with van der Waals surface area (Å²) in [6, 6.07) is 5.99. The third kappa shape index (κ3) is 3.74. The van der Waals surface area contributed by atoms with Gasteiger partial charge in [-0.05, 0) is 18.2 Å². The second kappa shape index (κ2) is 7.35. The van der Waals surface area contributed by atoms with Crippen LogP contribution in [0.2, 0.25) is 0 Å². The van der Waals surface area contributed by atoms with Gasteiger partial charge in [0.05, 0.1) is 18.9 Å². The van der Waals surface area contributed by atoms with E-state index in [4.69, 9.17) is 4.74 Å². The fourth-order valence-electron chi connectivity index (χ4n) is 2.75. The number of anilines is 1. The molecule has 0 bridgehead atoms. The maximum absolute atomic E-state index is 12.3. The zero-order valence-corrected chi connectivity index (χ0v) is 13.8. The molecule has 120 valence electrons. The summed E-state index contributed by atoms with van der Waals surface area (Å²) in [5.74, 6) is 1.12. The van der Waals surface area contributed by atoms with Crippen LogP contribution in [-0.4, -0.2) is 69.5 Å². The number of rotatable bonds is 4. The van der Waals surface area contributed by atoms with E-state index in [1.165, 1.54) is 4.90 Å². The lowest BCUT2D eigenvalue weighted by Gasteiger charge is -2.27. The number of hydrogen-bond acceptors (Lipinski definition) is 5. The first-order chi connectivity index (χ1) is 10.7. The molecule has 0 spiro atoms. The van der Waals surface area contributed by atoms with Crippen LogP contribution >= 0.6 is 11.8 Å². The Bertz CT molecular complexity index is 532. The van der Waals surface area contributed by atoms with Crippen LogP contribution in [0.5, 0.6) is 0 Å². The van der Waals surface area contributed by atoms with Gasteiger partial charge >= 0.3 is 0 Å². The van der Waals surface area contributed by atoms with Gasteiger partial charge in [0, 0.05) is 56.0 Å². The molecule has 1 fully saturated rings. The molecule has 0 aromatic heterocycles. The van der Waals surface area contributed by atoms with Crippen LogP contribution in [0.1, 0.15) is 10.4 Å². The molecule has 1 amide bonds. The molecule has 1 saturated heterocycles. The van der Waals surface area contributed by atoms with Crippen molar-refractivity contribution >= 4 is 23.4 Å². The maximum atomic E-state index is 12.3. The Labute approximate surface area is 136 Å². The lowest BCUT2D eigenvalue weighted by molar-refractivity contribution is 0.0383. The second-order valence-electron chi connectivity index (χ2n) is 5.66. The molecular formula is C16H23N3O2S. The first-order valence-electron chi connectivity index (χ1n) is 7.80. The van der Waals surface area contributed by atoms with Crippen molar-refractivity contribution in [3.63, 3.8) is 0 Å². The largest absolute Gasteiger partial charge is 0.379 e. The molecule has 2 aliphatic heterocycles. The van der Waals surface area contributed by atoms with E-state index in [-0.39, 0.29) is 5.91 Å². The summed E-state index contributed by atoms with van der Waals surface area (Å²) >= 11 is 1.86. The van der Waals surface area contributed by atoms with Gasteiger partial charge in [-0.1, -0.05) is 0 Å². The van der Waals surface area contributed by atoms with Crippen LogP contribution in [0.3, 0.4) is 0 Å². The maximum Gasteiger partial charge on any atom is 0.251 e. The predicted octanol–water partition coefficient (Wildman–Crippen LogP) is 1.29. The van der Waals surface area contributed by atoms with E-state index in [1.54, 1.807) is 0 Å². The number of ether oxygens (including phenoxy) is 1. The highest BCUT2D eigenvalue weighted by Gasteiger charge is 2.17. The number of thioether (sulfide) groups is 1. The quantitative estimate of drug-likeness (QED) is 0.905. The average molecular weight is 321 g/mol. The van der Waals surface area contributed by atoms with E-state index in [0.717, 1.165) is 56.4 Å². The molecule has 0 radical (unpaired) electrons. The van der Waals surface area contributed by atoms with Crippen molar-refractivity contribution in [1.82, 2.24) is 10.2 Å². The molecule has 1 N–H and O–H groups in total. The van der Waals surface area contributed by atoms with Crippen LogP contribution in [0.15, 0.2) is 23.1 Å². The summed E-state index contributed by atoms with van der Waals surface area (Å²) in [4.78, 5) is 18.1. The Morgan fingerprint density at radius 2 is 2.14 bits per heavy atom. The third-order valence-electron chi connectivity index (χ3n) is 4.13. The van der Waals surface area contributed by atoms with Crippen molar-refractivity contribution in [1.29, 1.82) is 0 Å². The van der Waals surface area contributed by atoms with Crippen molar-refractivity contribution in [2.45, 2.75) is 4.90 Å². The van der Waals surface area contributed by atoms with Crippen LogP contribution < -0.4 is 10.2 Å². The minimum Gasteiger partial charge on any atom is -0.379 e. The Balaban J connectivity index is 1.54. The molecule has 0 aliphatic carbocycles. The molecule has 1 aromatic rings. The molecule has 3 rings (SSSR count). The third-order valence-corrected chi connectivity index (χ3v) is 5.18. The van der Waals surface area contributed by atoms with E-state index < -0.39 is 0 Å². The van der Waals surface area contributed by atoms with Gasteiger partial charge in [0.2, 0.25) is 0 Å². The summed E-state index contributed by atoms with van der Waals surface area (Å²) in [5, 5.41) is 3.02. The Morgan fingerprint density at radius 3 is 2.95 bits per heavy atom. The number of benzene rings is 1. The van der Waals surface area contributed by atoms with Gasteiger partial charge in [-0.3, -0.25) is 9.69 Å². The highest BCUT2D eigenvalue weighted by Crippen LogP contribution is 2.34. The van der Waals surface area contributed by atoms with E-state index in [1.807, 2.05) is 23.9 Å². The summed E-state index contributed by atoms with van der Waals surface area (Å²) in [7, 11) is 2.08. The van der Waals surface area contributed by atoms with Gasteiger partial charge in [0.25, 0.3) is 5.91 Å². The van der Waals surface area contributed by atoms with E-state index in [9.17, 15) is 4.79 Å². The Morgan fingerprint density at radius 1 is 1.32 bits per heavy atom. The molecule has 2 aliphatic rings. The molecule has 22 heavy (non-hydrogen) atoms. The normalized spacial score (nSPS) is 18.9. The molecule has 1 aromatic carbocycles. The Hall–Kier alpha value is -1.24. The first kappa shape index (κ1) is 15.6. The van der Waals surface area contributed by atoms with Gasteiger partial charge in [0.1, 0.15) is 0 Å². The number of nitrogens with one attached hydrogen (secondary N) is 1. The van der Waals surface area contributed by atoms with E-state index in [2.05, 4.69) is 28.2 Å². The lowest BCUT2D eigenvalue weighted by Crippen LogP contribution is -2.41. The van der Waals surface area contributed by atoms with E-state index >= 15 is 0 Å². The molecule has 2 heterocycles. The summed E-state index contributed by atoms with van der Waals surface area (Å²) in [5.41, 5.74) is 1.91. The SMILES string of the molecule is CN1CCSc2ccc(C(=O)NCCN3CCOCC3)cc21. The molecule has 5 nitrogen and oxygen atoms in total. The van der Waals surface area contributed by atoms with Crippen LogP contribution in [-0.2, 0) is 4.74 Å². The van der Waals surface area contributed by atoms with Crippen molar-refractivity contribution in [3.05, 3.63) is 23.8 Å². The van der Waals surface area contributed by atoms with Gasteiger partial charge in [-0.2, -0.15) is 0 Å². The molecule has 6 heteroatoms. The minimum absolute atomic E-state index is 0.0139. The van der Waals surface area contributed by atoms with Crippen molar-refractivity contribution in [2.24, 2.45) is 0 Å². The smallest absolute Gasteiger partial charge is 0.251 e.